The number of carbonyl (C=O) groups excluding carboxylic acids is 2. The van der Waals surface area contributed by atoms with E-state index >= 15 is 0 Å². The smallest absolute Gasteiger partial charge is 0.410 e. The molecule has 0 bridgehead atoms. The number of nitrogens with zero attached hydrogens (tertiary/aromatic N) is 3. The zero-order chi connectivity index (χ0) is 31.3. The Hall–Kier alpha value is -3.31. The second-order valence-electron chi connectivity index (χ2n) is 11.9. The Morgan fingerprint density at radius 2 is 1.86 bits per heavy atom. The molecule has 1 amide bonds. The Bertz CT molecular complexity index is 1330. The van der Waals surface area contributed by atoms with Gasteiger partial charge in [-0.2, -0.15) is 0 Å². The van der Waals surface area contributed by atoms with Crippen LogP contribution in [0.25, 0.3) is 6.08 Å². The molecule has 2 aliphatic heterocycles. The summed E-state index contributed by atoms with van der Waals surface area (Å²) in [5.74, 6) is -0.0639. The minimum atomic E-state index is -0.961. The first kappa shape index (κ1) is 32.6. The van der Waals surface area contributed by atoms with Crippen LogP contribution >= 0.6 is 11.6 Å². The van der Waals surface area contributed by atoms with Gasteiger partial charge in [-0.1, -0.05) is 17.7 Å². The highest BCUT2D eigenvalue weighted by molar-refractivity contribution is 6.32. The van der Waals surface area contributed by atoms with Gasteiger partial charge in [0.25, 0.3) is 0 Å². The molecule has 0 spiro atoms. The third kappa shape index (κ3) is 8.41. The maximum atomic E-state index is 13.2. The molecule has 2 heterocycles. The molecule has 0 aromatic heterocycles. The van der Waals surface area contributed by atoms with Crippen LogP contribution in [0.15, 0.2) is 36.4 Å². The van der Waals surface area contributed by atoms with Crippen molar-refractivity contribution in [1.82, 2.24) is 9.80 Å². The zero-order valence-electron chi connectivity index (χ0n) is 25.4. The molecule has 11 heteroatoms. The van der Waals surface area contributed by atoms with Crippen molar-refractivity contribution in [2.24, 2.45) is 5.73 Å². The van der Waals surface area contributed by atoms with Crippen LogP contribution in [0.4, 0.5) is 10.5 Å². The van der Waals surface area contributed by atoms with Crippen LogP contribution in [-0.4, -0.2) is 89.1 Å². The zero-order valence-corrected chi connectivity index (χ0v) is 26.1. The molecule has 2 saturated heterocycles. The molecule has 43 heavy (non-hydrogen) atoms. The summed E-state index contributed by atoms with van der Waals surface area (Å²) in [6.45, 7) is 11.4. The molecule has 1 unspecified atom stereocenters. The minimum Gasteiger partial charge on any atom is -0.507 e. The number of halogens is 1. The molecule has 0 saturated carbocycles. The molecule has 0 radical (unpaired) electrons. The van der Waals surface area contributed by atoms with Crippen molar-refractivity contribution in [1.29, 1.82) is 0 Å². The van der Waals surface area contributed by atoms with Gasteiger partial charge in [-0.15, -0.1) is 0 Å². The number of ketones is 1. The average molecular weight is 615 g/mol. The number of nitrogens with two attached hydrogens (primary N) is 1. The number of aliphatic hydroxyl groups is 1. The standard InChI is InChI=1S/C32H43ClN4O6/c1-5-42-29-19-28(39)24(17-22(29)20-37-12-6-7-26(37)30(34)40)27(38)11-9-21-8-10-23(18-25(21)33)35-13-15-36(16-14-35)31(41)43-32(2,3)4/h8-11,17-19,26,30,39-40H,5-7,12-16,20,34H2,1-4H3/b11-9+/t26-,30?/m0/s1. The largest absolute Gasteiger partial charge is 0.507 e. The van der Waals surface area contributed by atoms with E-state index in [2.05, 4.69) is 9.80 Å². The Morgan fingerprint density at radius 1 is 1.14 bits per heavy atom. The van der Waals surface area contributed by atoms with Crippen LogP contribution in [0.5, 0.6) is 11.5 Å². The molecule has 10 nitrogen and oxygen atoms in total. The van der Waals surface area contributed by atoms with Crippen LogP contribution < -0.4 is 15.4 Å². The summed E-state index contributed by atoms with van der Waals surface area (Å²) in [6.07, 6.45) is 3.45. The van der Waals surface area contributed by atoms with E-state index in [0.717, 1.165) is 30.6 Å². The van der Waals surface area contributed by atoms with Crippen molar-refractivity contribution in [3.8, 4) is 11.5 Å². The summed E-state index contributed by atoms with van der Waals surface area (Å²) in [4.78, 5) is 31.5. The van der Waals surface area contributed by atoms with E-state index in [1.54, 1.807) is 17.0 Å². The molecule has 0 aliphatic carbocycles. The van der Waals surface area contributed by atoms with Crippen molar-refractivity contribution in [2.75, 3.05) is 44.2 Å². The molecule has 4 rings (SSSR count). The lowest BCUT2D eigenvalue weighted by Gasteiger charge is -2.36. The topological polar surface area (TPSA) is 129 Å². The molecule has 2 aromatic rings. The first-order valence-electron chi connectivity index (χ1n) is 14.8. The molecule has 2 atom stereocenters. The van der Waals surface area contributed by atoms with Gasteiger partial charge in [0.1, 0.15) is 23.3 Å². The predicted octanol–water partition coefficient (Wildman–Crippen LogP) is 4.64. The van der Waals surface area contributed by atoms with Gasteiger partial charge in [0.05, 0.1) is 12.2 Å². The van der Waals surface area contributed by atoms with Crippen molar-refractivity contribution in [3.05, 3.63) is 58.1 Å². The van der Waals surface area contributed by atoms with Gasteiger partial charge in [-0.3, -0.25) is 9.69 Å². The highest BCUT2D eigenvalue weighted by Gasteiger charge is 2.30. The van der Waals surface area contributed by atoms with Crippen LogP contribution in [0.1, 0.15) is 62.0 Å². The molecule has 4 N–H and O–H groups in total. The van der Waals surface area contributed by atoms with E-state index in [0.29, 0.717) is 55.7 Å². The summed E-state index contributed by atoms with van der Waals surface area (Å²) in [7, 11) is 0. The number of benzene rings is 2. The number of carbonyl (C=O) groups is 2. The highest BCUT2D eigenvalue weighted by atomic mass is 35.5. The quantitative estimate of drug-likeness (QED) is 0.210. The lowest BCUT2D eigenvalue weighted by molar-refractivity contribution is 0.0240. The summed E-state index contributed by atoms with van der Waals surface area (Å²) in [5.41, 5.74) is 7.71. The van der Waals surface area contributed by atoms with Crippen LogP contribution in [0.2, 0.25) is 5.02 Å². The number of phenols is 1. The molecule has 2 aromatic carbocycles. The number of hydrogen-bond acceptors (Lipinski definition) is 9. The van der Waals surface area contributed by atoms with Gasteiger partial charge in [0.2, 0.25) is 0 Å². The lowest BCUT2D eigenvalue weighted by atomic mass is 10.0. The number of phenolic OH excluding ortho intramolecular Hbond substituents is 1. The normalized spacial score (nSPS) is 18.7. The van der Waals surface area contributed by atoms with Gasteiger partial charge >= 0.3 is 6.09 Å². The number of rotatable bonds is 9. The Morgan fingerprint density at radius 3 is 2.49 bits per heavy atom. The number of likely N-dealkylation sites (tertiary alicyclic amines) is 1. The Labute approximate surface area is 258 Å². The van der Waals surface area contributed by atoms with Gasteiger partial charge in [-0.25, -0.2) is 4.79 Å². The summed E-state index contributed by atoms with van der Waals surface area (Å²) in [6, 6.07) is 8.56. The van der Waals surface area contributed by atoms with E-state index in [9.17, 15) is 19.8 Å². The van der Waals surface area contributed by atoms with Crippen LogP contribution in [-0.2, 0) is 11.3 Å². The molecule has 2 fully saturated rings. The van der Waals surface area contributed by atoms with Gasteiger partial charge in [0.15, 0.2) is 5.78 Å². The van der Waals surface area contributed by atoms with Gasteiger partial charge < -0.3 is 35.2 Å². The second kappa shape index (κ2) is 14.0. The molecule has 234 valence electrons. The van der Waals surface area contributed by atoms with Crippen molar-refractivity contribution in [2.45, 2.75) is 65.0 Å². The van der Waals surface area contributed by atoms with Gasteiger partial charge in [-0.05, 0) is 83.0 Å². The maximum Gasteiger partial charge on any atom is 0.410 e. The fraction of sp³-hybridized carbons (Fsp3) is 0.500. The number of ether oxygens (including phenoxy) is 2. The molecular formula is C32H43ClN4O6. The van der Waals surface area contributed by atoms with E-state index in [1.807, 2.05) is 45.9 Å². The number of anilines is 1. The highest BCUT2D eigenvalue weighted by Crippen LogP contribution is 2.33. The molecule has 2 aliphatic rings. The third-order valence-corrected chi connectivity index (χ3v) is 7.95. The van der Waals surface area contributed by atoms with Crippen LogP contribution in [0, 0.1) is 0 Å². The average Bonchev–Trinajstić information content (AvgIpc) is 3.41. The minimum absolute atomic E-state index is 0.148. The van der Waals surface area contributed by atoms with E-state index in [1.165, 1.54) is 12.1 Å². The summed E-state index contributed by atoms with van der Waals surface area (Å²) in [5, 5.41) is 21.1. The maximum absolute atomic E-state index is 13.2. The number of aliphatic hydroxyl groups excluding tert-OH is 1. The predicted molar refractivity (Wildman–Crippen MR) is 168 cm³/mol. The SMILES string of the molecule is CCOc1cc(O)c(C(=O)/C=C/c2ccc(N3CCN(C(=O)OC(C)(C)C)CC3)cc2Cl)cc1CN1CCC[C@H]1C(N)O. The Balaban J connectivity index is 1.44. The summed E-state index contributed by atoms with van der Waals surface area (Å²) < 4.78 is 11.2. The summed E-state index contributed by atoms with van der Waals surface area (Å²) >= 11 is 6.60. The lowest BCUT2D eigenvalue weighted by Crippen LogP contribution is -2.50. The fourth-order valence-corrected chi connectivity index (χ4v) is 5.69. The number of allylic oxidation sites excluding steroid dienone is 1. The number of aromatic hydroxyl groups is 1. The Kier molecular flexibility index (Phi) is 10.6. The first-order valence-corrected chi connectivity index (χ1v) is 15.1. The number of amides is 1. The molecular weight excluding hydrogens is 572 g/mol. The van der Waals surface area contributed by atoms with Crippen LogP contribution in [0.3, 0.4) is 0 Å². The van der Waals surface area contributed by atoms with E-state index in [-0.39, 0.29) is 29.2 Å². The first-order chi connectivity index (χ1) is 20.4. The van der Waals surface area contributed by atoms with Crippen molar-refractivity contribution >= 4 is 35.2 Å². The van der Waals surface area contributed by atoms with Gasteiger partial charge in [0, 0.05) is 61.1 Å². The van der Waals surface area contributed by atoms with Crippen molar-refractivity contribution < 1.29 is 29.3 Å². The second-order valence-corrected chi connectivity index (χ2v) is 12.3. The fourth-order valence-electron chi connectivity index (χ4n) is 5.46. The van der Waals surface area contributed by atoms with Crippen molar-refractivity contribution in [3.63, 3.8) is 0 Å². The van der Waals surface area contributed by atoms with E-state index < -0.39 is 11.8 Å². The number of hydrogen-bond donors (Lipinski definition) is 3. The third-order valence-electron chi connectivity index (χ3n) is 7.62. The monoisotopic (exact) mass is 614 g/mol. The van der Waals surface area contributed by atoms with E-state index in [4.69, 9.17) is 26.8 Å². The number of piperazine rings is 1.